The second-order valence-electron chi connectivity index (χ2n) is 4.53. The smallest absolute Gasteiger partial charge is 0.163 e. The fourth-order valence-electron chi connectivity index (χ4n) is 1.98. The van der Waals surface area contributed by atoms with Gasteiger partial charge in [-0.15, -0.1) is 0 Å². The maximum Gasteiger partial charge on any atom is 0.163 e. The Hall–Kier alpha value is -1.42. The van der Waals surface area contributed by atoms with Gasteiger partial charge in [-0.05, 0) is 25.0 Å². The summed E-state index contributed by atoms with van der Waals surface area (Å²) < 4.78 is 11.3. The lowest BCUT2D eigenvalue weighted by Crippen LogP contribution is -2.18. The Morgan fingerprint density at radius 2 is 1.94 bits per heavy atom. The van der Waals surface area contributed by atoms with Crippen LogP contribution < -0.4 is 14.4 Å². The van der Waals surface area contributed by atoms with E-state index in [1.165, 1.54) is 0 Å². The van der Waals surface area contributed by atoms with Gasteiger partial charge in [0.25, 0.3) is 0 Å². The number of benzene rings is 1. The van der Waals surface area contributed by atoms with Crippen LogP contribution in [0.25, 0.3) is 0 Å². The minimum absolute atomic E-state index is 0.259. The molecular formula is C14H21NO3. The number of unbranched alkanes of at least 4 members (excludes halogenated alkanes) is 1. The fourth-order valence-corrected chi connectivity index (χ4v) is 1.98. The third-order valence-corrected chi connectivity index (χ3v) is 3.07. The van der Waals surface area contributed by atoms with Gasteiger partial charge in [0.2, 0.25) is 0 Å². The van der Waals surface area contributed by atoms with Crippen LogP contribution in [0.3, 0.4) is 0 Å². The van der Waals surface area contributed by atoms with E-state index < -0.39 is 0 Å². The Morgan fingerprint density at radius 1 is 1.17 bits per heavy atom. The maximum absolute atomic E-state index is 8.78. The zero-order chi connectivity index (χ0) is 12.8. The molecular weight excluding hydrogens is 230 g/mol. The van der Waals surface area contributed by atoms with Crippen molar-refractivity contribution in [3.05, 3.63) is 18.2 Å². The molecule has 0 radical (unpaired) electrons. The summed E-state index contributed by atoms with van der Waals surface area (Å²) in [4.78, 5) is 2.17. The van der Waals surface area contributed by atoms with Crippen LogP contribution in [0.2, 0.25) is 0 Å². The summed E-state index contributed by atoms with van der Waals surface area (Å²) in [5.74, 6) is 1.67. The quantitative estimate of drug-likeness (QED) is 0.813. The molecule has 0 saturated carbocycles. The Morgan fingerprint density at radius 3 is 2.72 bits per heavy atom. The van der Waals surface area contributed by atoms with Crippen molar-refractivity contribution >= 4 is 5.69 Å². The molecule has 1 aliphatic rings. The van der Waals surface area contributed by atoms with Crippen molar-refractivity contribution < 1.29 is 14.6 Å². The van der Waals surface area contributed by atoms with E-state index in [9.17, 15) is 0 Å². The zero-order valence-electron chi connectivity index (χ0n) is 10.9. The molecule has 1 aliphatic heterocycles. The van der Waals surface area contributed by atoms with Crippen molar-refractivity contribution in [2.24, 2.45) is 0 Å². The summed E-state index contributed by atoms with van der Waals surface area (Å²) in [7, 11) is 2.05. The van der Waals surface area contributed by atoms with Crippen molar-refractivity contribution in [2.45, 2.75) is 19.3 Å². The highest BCUT2D eigenvalue weighted by molar-refractivity contribution is 5.56. The first-order valence-corrected chi connectivity index (χ1v) is 6.53. The number of hydrogen-bond acceptors (Lipinski definition) is 4. The fraction of sp³-hybridized carbons (Fsp3) is 0.571. The molecule has 1 aromatic carbocycles. The Bertz CT molecular complexity index is 381. The van der Waals surface area contributed by atoms with Crippen LogP contribution in [0.15, 0.2) is 18.2 Å². The van der Waals surface area contributed by atoms with Crippen LogP contribution in [0.4, 0.5) is 5.69 Å². The number of aliphatic hydroxyl groups excluding tert-OH is 1. The SMILES string of the molecule is CN(CCCCO)c1ccc2c(c1)OCCCO2. The van der Waals surface area contributed by atoms with Crippen molar-refractivity contribution in [1.82, 2.24) is 0 Å². The summed E-state index contributed by atoms with van der Waals surface area (Å²) in [6, 6.07) is 6.05. The standard InChI is InChI=1S/C14H21NO3/c1-15(7-2-3-8-16)12-5-6-13-14(11-12)18-10-4-9-17-13/h5-6,11,16H,2-4,7-10H2,1H3. The second kappa shape index (κ2) is 6.50. The van der Waals surface area contributed by atoms with Gasteiger partial charge in [-0.25, -0.2) is 0 Å². The monoisotopic (exact) mass is 251 g/mol. The first kappa shape index (κ1) is 13.0. The topological polar surface area (TPSA) is 41.9 Å². The molecule has 0 aliphatic carbocycles. The van der Waals surface area contributed by atoms with Gasteiger partial charge in [0.05, 0.1) is 13.2 Å². The summed E-state index contributed by atoms with van der Waals surface area (Å²) in [6.45, 7) is 2.62. The third kappa shape index (κ3) is 3.29. The first-order valence-electron chi connectivity index (χ1n) is 6.53. The van der Waals surface area contributed by atoms with Gasteiger partial charge in [-0.2, -0.15) is 0 Å². The van der Waals surface area contributed by atoms with E-state index in [1.807, 2.05) is 18.2 Å². The van der Waals surface area contributed by atoms with Crippen molar-refractivity contribution in [3.63, 3.8) is 0 Å². The molecule has 100 valence electrons. The Labute approximate surface area is 108 Å². The molecule has 4 heteroatoms. The molecule has 0 fully saturated rings. The highest BCUT2D eigenvalue weighted by Crippen LogP contribution is 2.33. The molecule has 1 heterocycles. The number of hydrogen-bond donors (Lipinski definition) is 1. The Kier molecular flexibility index (Phi) is 4.70. The van der Waals surface area contributed by atoms with E-state index in [2.05, 4.69) is 11.9 Å². The molecule has 0 aromatic heterocycles. The maximum atomic E-state index is 8.78. The first-order chi connectivity index (χ1) is 8.81. The molecule has 0 amide bonds. The zero-order valence-corrected chi connectivity index (χ0v) is 10.9. The third-order valence-electron chi connectivity index (χ3n) is 3.07. The van der Waals surface area contributed by atoms with Crippen molar-refractivity contribution in [3.8, 4) is 11.5 Å². The van der Waals surface area contributed by atoms with E-state index in [1.54, 1.807) is 0 Å². The number of rotatable bonds is 5. The summed E-state index contributed by atoms with van der Waals surface area (Å²) >= 11 is 0. The van der Waals surface area contributed by atoms with Gasteiger partial charge in [0.1, 0.15) is 0 Å². The van der Waals surface area contributed by atoms with E-state index >= 15 is 0 Å². The highest BCUT2D eigenvalue weighted by atomic mass is 16.5. The lowest BCUT2D eigenvalue weighted by molar-refractivity contribution is 0.285. The van der Waals surface area contributed by atoms with Gasteiger partial charge >= 0.3 is 0 Å². The summed E-state index contributed by atoms with van der Waals surface area (Å²) in [5.41, 5.74) is 1.12. The number of anilines is 1. The summed E-state index contributed by atoms with van der Waals surface area (Å²) in [6.07, 6.45) is 2.76. The van der Waals surface area contributed by atoms with Gasteiger partial charge in [0.15, 0.2) is 11.5 Å². The minimum atomic E-state index is 0.259. The van der Waals surface area contributed by atoms with Crippen molar-refractivity contribution in [2.75, 3.05) is 38.3 Å². The molecule has 0 spiro atoms. The molecule has 0 saturated heterocycles. The average Bonchev–Trinajstić information content (AvgIpc) is 2.63. The van der Waals surface area contributed by atoms with Crippen LogP contribution in [-0.2, 0) is 0 Å². The van der Waals surface area contributed by atoms with Crippen LogP contribution in [0, 0.1) is 0 Å². The average molecular weight is 251 g/mol. The van der Waals surface area contributed by atoms with E-state index in [0.717, 1.165) is 49.6 Å². The number of nitrogens with zero attached hydrogens (tertiary/aromatic N) is 1. The van der Waals surface area contributed by atoms with E-state index in [0.29, 0.717) is 6.61 Å². The molecule has 0 unspecified atom stereocenters. The molecule has 1 N–H and O–H groups in total. The number of fused-ring (bicyclic) bond motifs is 1. The number of aliphatic hydroxyl groups is 1. The molecule has 2 rings (SSSR count). The molecule has 18 heavy (non-hydrogen) atoms. The predicted octanol–water partition coefficient (Wildman–Crippen LogP) is 2.06. The van der Waals surface area contributed by atoms with Crippen LogP contribution >= 0.6 is 0 Å². The second-order valence-corrected chi connectivity index (χ2v) is 4.53. The number of ether oxygens (including phenoxy) is 2. The minimum Gasteiger partial charge on any atom is -0.490 e. The van der Waals surface area contributed by atoms with Gasteiger partial charge in [-0.3, -0.25) is 0 Å². The Balaban J connectivity index is 2.02. The van der Waals surface area contributed by atoms with Gasteiger partial charge < -0.3 is 19.5 Å². The normalized spacial score (nSPS) is 14.1. The summed E-state index contributed by atoms with van der Waals surface area (Å²) in [5, 5.41) is 8.78. The van der Waals surface area contributed by atoms with Crippen LogP contribution in [0.5, 0.6) is 11.5 Å². The lowest BCUT2D eigenvalue weighted by atomic mass is 10.2. The van der Waals surface area contributed by atoms with Crippen LogP contribution in [0.1, 0.15) is 19.3 Å². The molecule has 4 nitrogen and oxygen atoms in total. The van der Waals surface area contributed by atoms with Crippen molar-refractivity contribution in [1.29, 1.82) is 0 Å². The molecule has 0 atom stereocenters. The molecule has 1 aromatic rings. The van der Waals surface area contributed by atoms with Gasteiger partial charge in [0, 0.05) is 38.4 Å². The lowest BCUT2D eigenvalue weighted by Gasteiger charge is -2.20. The van der Waals surface area contributed by atoms with Gasteiger partial charge in [-0.1, -0.05) is 0 Å². The highest BCUT2D eigenvalue weighted by Gasteiger charge is 2.12. The van der Waals surface area contributed by atoms with E-state index in [4.69, 9.17) is 14.6 Å². The predicted molar refractivity (Wildman–Crippen MR) is 71.6 cm³/mol. The largest absolute Gasteiger partial charge is 0.490 e. The van der Waals surface area contributed by atoms with E-state index in [-0.39, 0.29) is 6.61 Å². The van der Waals surface area contributed by atoms with Crippen LogP contribution in [-0.4, -0.2) is 38.5 Å². The molecule has 0 bridgehead atoms.